The predicted molar refractivity (Wildman–Crippen MR) is 80.4 cm³/mol. The molecule has 2 heterocycles. The van der Waals surface area contributed by atoms with E-state index in [1.807, 2.05) is 12.1 Å². The minimum Gasteiger partial charge on any atom is -0.497 e. The van der Waals surface area contributed by atoms with Gasteiger partial charge in [0.2, 0.25) is 0 Å². The van der Waals surface area contributed by atoms with Gasteiger partial charge in [-0.05, 0) is 49.7 Å². The summed E-state index contributed by atoms with van der Waals surface area (Å²) in [5, 5.41) is 0. The average molecular weight is 299 g/mol. The topological polar surface area (TPSA) is 21.7 Å². The fourth-order valence-electron chi connectivity index (χ4n) is 4.93. The van der Waals surface area contributed by atoms with Crippen LogP contribution < -0.4 is 4.74 Å². The fourth-order valence-corrected chi connectivity index (χ4v) is 4.93. The number of hydrogen-bond acceptors (Lipinski definition) is 3. The molecule has 1 aromatic rings. The van der Waals surface area contributed by atoms with Gasteiger partial charge >= 0.3 is 0 Å². The molecule has 0 radical (unpaired) electrons. The number of halogens is 1. The number of rotatable bonds is 1. The van der Waals surface area contributed by atoms with Gasteiger partial charge in [-0.1, -0.05) is 12.1 Å². The maximum Gasteiger partial charge on any atom is 0.169 e. The first-order valence-electron chi connectivity index (χ1n) is 7.82. The second kappa shape index (κ2) is 3.93. The first-order chi connectivity index (χ1) is 10.7. The van der Waals surface area contributed by atoms with Crippen LogP contribution in [0.2, 0.25) is 0 Å². The smallest absolute Gasteiger partial charge is 0.169 e. The monoisotopic (exact) mass is 299 g/mol. The molecule has 0 N–H and O–H groups in total. The van der Waals surface area contributed by atoms with E-state index < -0.39 is 0 Å². The molecule has 1 aromatic carbocycles. The number of hydrogen-bond donors (Lipinski definition) is 0. The Morgan fingerprint density at radius 1 is 1.36 bits per heavy atom. The molecule has 2 bridgehead atoms. The molecule has 0 amide bonds. The van der Waals surface area contributed by atoms with Crippen molar-refractivity contribution in [3.8, 4) is 5.75 Å². The minimum absolute atomic E-state index is 0.223. The molecule has 0 saturated carbocycles. The van der Waals surface area contributed by atoms with Crippen molar-refractivity contribution in [2.75, 3.05) is 20.7 Å². The summed E-state index contributed by atoms with van der Waals surface area (Å²) in [5.74, 6) is 0.992. The highest BCUT2D eigenvalue weighted by atomic mass is 19.1. The van der Waals surface area contributed by atoms with Gasteiger partial charge in [0.05, 0.1) is 12.5 Å². The summed E-state index contributed by atoms with van der Waals surface area (Å²) in [5.41, 5.74) is 3.44. The van der Waals surface area contributed by atoms with Crippen LogP contribution in [0.25, 0.3) is 0 Å². The van der Waals surface area contributed by atoms with Crippen molar-refractivity contribution < 1.29 is 13.9 Å². The van der Waals surface area contributed by atoms with E-state index in [0.717, 1.165) is 30.7 Å². The number of methoxy groups -OCH3 is 1. The summed E-state index contributed by atoms with van der Waals surface area (Å²) in [6.07, 6.45) is 5.83. The first kappa shape index (κ1) is 12.7. The van der Waals surface area contributed by atoms with Crippen LogP contribution in [-0.4, -0.2) is 37.7 Å². The lowest BCUT2D eigenvalue weighted by Crippen LogP contribution is -2.58. The third kappa shape index (κ3) is 1.23. The highest BCUT2D eigenvalue weighted by Gasteiger charge is 2.61. The lowest BCUT2D eigenvalue weighted by Gasteiger charge is -2.52. The maximum absolute atomic E-state index is 14.4. The molecule has 1 saturated heterocycles. The lowest BCUT2D eigenvalue weighted by atomic mass is 9.57. The van der Waals surface area contributed by atoms with Crippen LogP contribution in [0.4, 0.5) is 4.39 Å². The molecule has 22 heavy (non-hydrogen) atoms. The van der Waals surface area contributed by atoms with E-state index in [9.17, 15) is 4.39 Å². The van der Waals surface area contributed by atoms with E-state index in [2.05, 4.69) is 18.0 Å². The van der Waals surface area contributed by atoms with Crippen LogP contribution >= 0.6 is 0 Å². The van der Waals surface area contributed by atoms with Gasteiger partial charge in [0.25, 0.3) is 0 Å². The predicted octanol–water partition coefficient (Wildman–Crippen LogP) is 2.56. The van der Waals surface area contributed by atoms with Crippen LogP contribution in [0, 0.1) is 5.82 Å². The summed E-state index contributed by atoms with van der Waals surface area (Å²) < 4.78 is 26.1. The molecule has 3 nitrogen and oxygen atoms in total. The summed E-state index contributed by atoms with van der Waals surface area (Å²) in [7, 11) is 3.84. The molecule has 1 fully saturated rings. The Labute approximate surface area is 129 Å². The molecule has 4 heteroatoms. The van der Waals surface area contributed by atoms with Gasteiger partial charge in [-0.3, -0.25) is 4.90 Å². The SMILES string of the molecule is COC1=CC=C2[C@H]3Cc4ccc(F)c5c4[C@@]2(CCN3C)[C@H]1O5. The molecule has 2 aliphatic carbocycles. The Hall–Kier alpha value is -1.81. The van der Waals surface area contributed by atoms with E-state index in [1.165, 1.54) is 11.1 Å². The minimum atomic E-state index is -0.255. The van der Waals surface area contributed by atoms with Crippen molar-refractivity contribution in [3.63, 3.8) is 0 Å². The van der Waals surface area contributed by atoms with Gasteiger partial charge in [-0.25, -0.2) is 4.39 Å². The van der Waals surface area contributed by atoms with Crippen molar-refractivity contribution in [2.45, 2.75) is 30.4 Å². The second-order valence-corrected chi connectivity index (χ2v) is 6.73. The first-order valence-corrected chi connectivity index (χ1v) is 7.82. The number of nitrogens with zero attached hydrogens (tertiary/aromatic N) is 1. The highest BCUT2D eigenvalue weighted by molar-refractivity contribution is 5.64. The zero-order valence-corrected chi connectivity index (χ0v) is 12.7. The zero-order valence-electron chi connectivity index (χ0n) is 12.7. The standard InChI is InChI=1S/C18H18FNO2/c1-20-8-7-18-11-4-6-14(21-2)17(18)22-16-12(19)5-3-10(15(16)18)9-13(11)20/h3-6,13,17H,7-9H2,1-2H3/t13-,17+,18+/m1/s1. The summed E-state index contributed by atoms with van der Waals surface area (Å²) in [4.78, 5) is 2.41. The third-order valence-electron chi connectivity index (χ3n) is 5.92. The van der Waals surface area contributed by atoms with Gasteiger partial charge in [0.15, 0.2) is 17.7 Å². The Morgan fingerprint density at radius 2 is 2.23 bits per heavy atom. The molecule has 3 atom stereocenters. The van der Waals surface area contributed by atoms with Gasteiger partial charge in [-0.15, -0.1) is 0 Å². The average Bonchev–Trinajstić information content (AvgIpc) is 2.88. The Bertz CT molecular complexity index is 754. The molecule has 4 aliphatic rings. The van der Waals surface area contributed by atoms with Crippen molar-refractivity contribution in [1.82, 2.24) is 4.90 Å². The van der Waals surface area contributed by atoms with Crippen LogP contribution in [-0.2, 0) is 16.6 Å². The van der Waals surface area contributed by atoms with Gasteiger partial charge in [0.1, 0.15) is 5.76 Å². The summed E-state index contributed by atoms with van der Waals surface area (Å²) in [6.45, 7) is 0.994. The molecule has 5 rings (SSSR count). The third-order valence-corrected chi connectivity index (χ3v) is 5.92. The Balaban J connectivity index is 1.86. The normalized spacial score (nSPS) is 34.5. The number of benzene rings is 1. The summed E-state index contributed by atoms with van der Waals surface area (Å²) >= 11 is 0. The number of allylic oxidation sites excluding steroid dienone is 2. The largest absolute Gasteiger partial charge is 0.497 e. The second-order valence-electron chi connectivity index (χ2n) is 6.73. The molecule has 2 aliphatic heterocycles. The number of likely N-dealkylation sites (tertiary alicyclic amines) is 1. The molecular formula is C18H18FNO2. The van der Waals surface area contributed by atoms with Crippen LogP contribution in [0.15, 0.2) is 35.6 Å². The van der Waals surface area contributed by atoms with Gasteiger partial charge < -0.3 is 9.47 Å². The van der Waals surface area contributed by atoms with Crippen LogP contribution in [0.3, 0.4) is 0 Å². The van der Waals surface area contributed by atoms with Gasteiger partial charge in [-0.2, -0.15) is 0 Å². The fraction of sp³-hybridized carbons (Fsp3) is 0.444. The number of piperidine rings is 1. The molecule has 114 valence electrons. The van der Waals surface area contributed by atoms with Crippen molar-refractivity contribution in [2.24, 2.45) is 0 Å². The summed E-state index contributed by atoms with van der Waals surface area (Å²) in [6, 6.07) is 3.86. The quantitative estimate of drug-likeness (QED) is 0.795. The molecule has 0 unspecified atom stereocenters. The van der Waals surface area contributed by atoms with E-state index in [0.29, 0.717) is 11.8 Å². The highest BCUT2D eigenvalue weighted by Crippen LogP contribution is 2.60. The van der Waals surface area contributed by atoms with Crippen LogP contribution in [0.1, 0.15) is 17.5 Å². The Morgan fingerprint density at radius 3 is 3.05 bits per heavy atom. The van der Waals surface area contributed by atoms with E-state index in [1.54, 1.807) is 13.2 Å². The van der Waals surface area contributed by atoms with Crippen molar-refractivity contribution >= 4 is 0 Å². The zero-order chi connectivity index (χ0) is 15.1. The van der Waals surface area contributed by atoms with E-state index >= 15 is 0 Å². The molecular weight excluding hydrogens is 281 g/mol. The van der Waals surface area contributed by atoms with Gasteiger partial charge in [0, 0.05) is 11.6 Å². The molecule has 1 spiro atoms. The lowest BCUT2D eigenvalue weighted by molar-refractivity contribution is 0.0731. The van der Waals surface area contributed by atoms with Crippen LogP contribution in [0.5, 0.6) is 5.75 Å². The molecule has 0 aromatic heterocycles. The van der Waals surface area contributed by atoms with E-state index in [4.69, 9.17) is 9.47 Å². The maximum atomic E-state index is 14.4. The van der Waals surface area contributed by atoms with Crippen molar-refractivity contribution in [1.29, 1.82) is 0 Å². The van der Waals surface area contributed by atoms with Crippen molar-refractivity contribution in [3.05, 3.63) is 52.6 Å². The Kier molecular flexibility index (Phi) is 2.27. The number of likely N-dealkylation sites (N-methyl/N-ethyl adjacent to an activating group) is 1. The number of ether oxygens (including phenoxy) is 2. The van der Waals surface area contributed by atoms with E-state index in [-0.39, 0.29) is 17.3 Å².